The Morgan fingerprint density at radius 1 is 0.882 bits per heavy atom. The number of hydrogen-bond donors (Lipinski definition) is 0. The van der Waals surface area contributed by atoms with Gasteiger partial charge in [0.05, 0.1) is 12.8 Å². The minimum Gasteiger partial charge on any atom is -0.497 e. The lowest BCUT2D eigenvalue weighted by Crippen LogP contribution is -2.40. The molecule has 0 N–H and O–H groups in total. The second-order valence-electron chi connectivity index (χ2n) is 9.60. The molecule has 5 nitrogen and oxygen atoms in total. The first-order valence-corrected chi connectivity index (χ1v) is 12.2. The minimum atomic E-state index is 0.667. The van der Waals surface area contributed by atoms with Crippen molar-refractivity contribution >= 4 is 16.7 Å². The Balaban J connectivity index is 1.15. The number of nitrogens with zero attached hydrogens (tertiary/aromatic N) is 4. The summed E-state index contributed by atoms with van der Waals surface area (Å²) in [6.07, 6.45) is 3.11. The average molecular weight is 451 g/mol. The fourth-order valence-electron chi connectivity index (χ4n) is 5.58. The molecule has 0 amide bonds. The first-order chi connectivity index (χ1) is 16.7. The molecule has 5 heteroatoms. The van der Waals surface area contributed by atoms with E-state index in [-0.39, 0.29) is 0 Å². The van der Waals surface area contributed by atoms with Crippen molar-refractivity contribution in [3.8, 4) is 17.0 Å². The highest BCUT2D eigenvalue weighted by atomic mass is 16.5. The molecule has 0 spiro atoms. The predicted molar refractivity (Wildman–Crippen MR) is 137 cm³/mol. The standard InChI is InChI=1S/C29H30N4O/c1-34-27-10-6-21(7-11-27)17-32-18-25-13-15-33(20-26(25)19-32)29-30-14-12-28(31-29)24-9-8-22-4-2-3-5-23(22)16-24/h2-12,14,16,25-26H,13,15,17-20H2,1H3/t25-,26-/m1/s1. The van der Waals surface area contributed by atoms with E-state index in [2.05, 4.69) is 81.5 Å². The van der Waals surface area contributed by atoms with Crippen LogP contribution in [0.2, 0.25) is 0 Å². The highest BCUT2D eigenvalue weighted by Crippen LogP contribution is 2.34. The summed E-state index contributed by atoms with van der Waals surface area (Å²) in [4.78, 5) is 14.6. The molecule has 2 saturated heterocycles. The summed E-state index contributed by atoms with van der Waals surface area (Å²) >= 11 is 0. The Hall–Kier alpha value is -3.44. The molecule has 0 unspecified atom stereocenters. The van der Waals surface area contributed by atoms with Gasteiger partial charge in [0.2, 0.25) is 5.95 Å². The van der Waals surface area contributed by atoms with Crippen LogP contribution in [0.15, 0.2) is 79.0 Å². The highest BCUT2D eigenvalue weighted by molar-refractivity contribution is 5.86. The van der Waals surface area contributed by atoms with E-state index in [4.69, 9.17) is 9.72 Å². The number of fused-ring (bicyclic) bond motifs is 2. The first-order valence-electron chi connectivity index (χ1n) is 12.2. The Morgan fingerprint density at radius 3 is 2.56 bits per heavy atom. The summed E-state index contributed by atoms with van der Waals surface area (Å²) in [5, 5.41) is 2.49. The van der Waals surface area contributed by atoms with Gasteiger partial charge in [-0.3, -0.25) is 4.90 Å². The number of benzene rings is 3. The van der Waals surface area contributed by atoms with Crippen LogP contribution in [0.5, 0.6) is 5.75 Å². The van der Waals surface area contributed by atoms with Crippen molar-refractivity contribution in [3.05, 3.63) is 84.6 Å². The van der Waals surface area contributed by atoms with E-state index in [1.54, 1.807) is 7.11 Å². The zero-order chi connectivity index (χ0) is 22.9. The number of piperidine rings is 1. The van der Waals surface area contributed by atoms with Gasteiger partial charge in [-0.15, -0.1) is 0 Å². The molecule has 0 saturated carbocycles. The number of methoxy groups -OCH3 is 1. The van der Waals surface area contributed by atoms with Crippen LogP contribution in [0, 0.1) is 11.8 Å². The summed E-state index contributed by atoms with van der Waals surface area (Å²) in [6.45, 7) is 5.38. The maximum absolute atomic E-state index is 5.29. The zero-order valence-electron chi connectivity index (χ0n) is 19.6. The van der Waals surface area contributed by atoms with Crippen LogP contribution in [-0.2, 0) is 6.54 Å². The summed E-state index contributed by atoms with van der Waals surface area (Å²) in [5.41, 5.74) is 3.48. The van der Waals surface area contributed by atoms with E-state index in [0.29, 0.717) is 5.92 Å². The van der Waals surface area contributed by atoms with Crippen LogP contribution in [-0.4, -0.2) is 48.2 Å². The minimum absolute atomic E-state index is 0.667. The lowest BCUT2D eigenvalue weighted by Gasteiger charge is -2.34. The summed E-state index contributed by atoms with van der Waals surface area (Å²) in [5.74, 6) is 3.20. The third-order valence-corrected chi connectivity index (χ3v) is 7.41. The zero-order valence-corrected chi connectivity index (χ0v) is 19.6. The number of ether oxygens (including phenoxy) is 1. The van der Waals surface area contributed by atoms with Crippen molar-refractivity contribution in [2.45, 2.75) is 13.0 Å². The van der Waals surface area contributed by atoms with Crippen molar-refractivity contribution in [3.63, 3.8) is 0 Å². The lowest BCUT2D eigenvalue weighted by molar-refractivity contribution is 0.314. The maximum Gasteiger partial charge on any atom is 0.225 e. The molecule has 2 atom stereocenters. The third kappa shape index (κ3) is 4.24. The van der Waals surface area contributed by atoms with Gasteiger partial charge in [-0.25, -0.2) is 9.97 Å². The van der Waals surface area contributed by atoms with Crippen molar-refractivity contribution in [2.24, 2.45) is 11.8 Å². The monoisotopic (exact) mass is 450 g/mol. The van der Waals surface area contributed by atoms with Gasteiger partial charge in [-0.2, -0.15) is 0 Å². The average Bonchev–Trinajstić information content (AvgIpc) is 3.30. The molecule has 2 aliphatic heterocycles. The van der Waals surface area contributed by atoms with E-state index >= 15 is 0 Å². The Kier molecular flexibility index (Phi) is 5.63. The molecular weight excluding hydrogens is 420 g/mol. The van der Waals surface area contributed by atoms with E-state index in [9.17, 15) is 0 Å². The number of likely N-dealkylation sites (tertiary alicyclic amines) is 1. The van der Waals surface area contributed by atoms with Crippen LogP contribution in [0.4, 0.5) is 5.95 Å². The smallest absolute Gasteiger partial charge is 0.225 e. The fourth-order valence-corrected chi connectivity index (χ4v) is 5.58. The van der Waals surface area contributed by atoms with Gasteiger partial charge in [0.25, 0.3) is 0 Å². The number of anilines is 1. The van der Waals surface area contributed by atoms with Crippen LogP contribution in [0.3, 0.4) is 0 Å². The largest absolute Gasteiger partial charge is 0.497 e. The second-order valence-corrected chi connectivity index (χ2v) is 9.60. The number of hydrogen-bond acceptors (Lipinski definition) is 5. The van der Waals surface area contributed by atoms with Gasteiger partial charge < -0.3 is 9.64 Å². The van der Waals surface area contributed by atoms with E-state index in [1.165, 1.54) is 29.3 Å². The normalized spacial score (nSPS) is 20.4. The quantitative estimate of drug-likeness (QED) is 0.415. The van der Waals surface area contributed by atoms with Crippen molar-refractivity contribution < 1.29 is 4.74 Å². The molecule has 6 rings (SSSR count). The molecule has 3 aromatic carbocycles. The molecule has 34 heavy (non-hydrogen) atoms. The predicted octanol–water partition coefficient (Wildman–Crippen LogP) is 5.26. The Morgan fingerprint density at radius 2 is 1.71 bits per heavy atom. The van der Waals surface area contributed by atoms with Gasteiger partial charge in [0.1, 0.15) is 5.75 Å². The van der Waals surface area contributed by atoms with Crippen LogP contribution in [0.25, 0.3) is 22.0 Å². The van der Waals surface area contributed by atoms with Gasteiger partial charge >= 0.3 is 0 Å². The lowest BCUT2D eigenvalue weighted by atomic mass is 9.89. The maximum atomic E-state index is 5.29. The van der Waals surface area contributed by atoms with Crippen LogP contribution < -0.4 is 9.64 Å². The van der Waals surface area contributed by atoms with Gasteiger partial charge in [0.15, 0.2) is 0 Å². The van der Waals surface area contributed by atoms with Gasteiger partial charge in [-0.1, -0.05) is 48.5 Å². The van der Waals surface area contributed by atoms with Crippen molar-refractivity contribution in [1.82, 2.24) is 14.9 Å². The molecule has 4 aromatic rings. The molecule has 0 bridgehead atoms. The molecule has 0 aliphatic carbocycles. The SMILES string of the molecule is COc1ccc(CN2C[C@H]3CCN(c4nccc(-c5ccc6ccccc6c5)n4)C[C@H]3C2)cc1. The van der Waals surface area contributed by atoms with Crippen LogP contribution in [0.1, 0.15) is 12.0 Å². The third-order valence-electron chi connectivity index (χ3n) is 7.41. The van der Waals surface area contributed by atoms with Crippen molar-refractivity contribution in [1.29, 1.82) is 0 Å². The first kappa shape index (κ1) is 21.1. The topological polar surface area (TPSA) is 41.5 Å². The van der Waals surface area contributed by atoms with Crippen molar-refractivity contribution in [2.75, 3.05) is 38.2 Å². The molecule has 172 valence electrons. The number of rotatable bonds is 5. The Bertz CT molecular complexity index is 1290. The van der Waals surface area contributed by atoms with E-state index in [0.717, 1.165) is 55.1 Å². The molecule has 2 aliphatic rings. The van der Waals surface area contributed by atoms with Gasteiger partial charge in [-0.05, 0) is 58.9 Å². The van der Waals surface area contributed by atoms with E-state index < -0.39 is 0 Å². The molecule has 1 aromatic heterocycles. The highest BCUT2D eigenvalue weighted by Gasteiger charge is 2.37. The summed E-state index contributed by atoms with van der Waals surface area (Å²) < 4.78 is 5.29. The Labute approximate surface area is 201 Å². The van der Waals surface area contributed by atoms with E-state index in [1.807, 2.05) is 12.3 Å². The summed E-state index contributed by atoms with van der Waals surface area (Å²) in [7, 11) is 1.72. The molecule has 2 fully saturated rings. The fraction of sp³-hybridized carbons (Fsp3) is 0.310. The van der Waals surface area contributed by atoms with Gasteiger partial charge in [0, 0.05) is 44.5 Å². The second kappa shape index (κ2) is 9.07. The molecular formula is C29H30N4O. The molecule has 0 radical (unpaired) electrons. The van der Waals surface area contributed by atoms with Crippen LogP contribution >= 0.6 is 0 Å². The summed E-state index contributed by atoms with van der Waals surface area (Å²) in [6, 6.07) is 25.5. The number of aromatic nitrogens is 2. The molecule has 3 heterocycles.